The second-order valence-corrected chi connectivity index (χ2v) is 7.38. The number of aromatic amines is 1. The van der Waals surface area contributed by atoms with Crippen molar-refractivity contribution < 1.29 is 14.2 Å². The molecule has 4 rings (SSSR count). The highest BCUT2D eigenvalue weighted by molar-refractivity contribution is 7.17. The van der Waals surface area contributed by atoms with Crippen LogP contribution < -0.4 is 19.8 Å². The second kappa shape index (κ2) is 7.60. The summed E-state index contributed by atoms with van der Waals surface area (Å²) in [6.07, 6.45) is 0. The molecular formula is C22H20N2O4S. The van der Waals surface area contributed by atoms with Gasteiger partial charge in [0.2, 0.25) is 0 Å². The van der Waals surface area contributed by atoms with E-state index in [9.17, 15) is 4.79 Å². The van der Waals surface area contributed by atoms with Gasteiger partial charge in [-0.25, -0.2) is 4.98 Å². The summed E-state index contributed by atoms with van der Waals surface area (Å²) in [6.45, 7) is 2.01. The minimum absolute atomic E-state index is 0.195. The first-order valence-corrected chi connectivity index (χ1v) is 9.82. The van der Waals surface area contributed by atoms with Crippen LogP contribution in [0.15, 0.2) is 46.6 Å². The average Bonchev–Trinajstić information content (AvgIpc) is 3.17. The van der Waals surface area contributed by atoms with E-state index in [4.69, 9.17) is 14.2 Å². The maximum Gasteiger partial charge on any atom is 0.260 e. The van der Waals surface area contributed by atoms with E-state index in [0.717, 1.165) is 28.0 Å². The van der Waals surface area contributed by atoms with Crippen LogP contribution in [0.5, 0.6) is 17.2 Å². The zero-order valence-electron chi connectivity index (χ0n) is 16.5. The normalized spacial score (nSPS) is 10.9. The maximum absolute atomic E-state index is 13.0. The molecule has 148 valence electrons. The molecule has 0 saturated carbocycles. The fourth-order valence-corrected chi connectivity index (χ4v) is 4.24. The lowest BCUT2D eigenvalue weighted by Gasteiger charge is -2.10. The van der Waals surface area contributed by atoms with Crippen molar-refractivity contribution in [1.29, 1.82) is 0 Å². The number of methoxy groups -OCH3 is 3. The molecule has 7 heteroatoms. The second-order valence-electron chi connectivity index (χ2n) is 6.52. The van der Waals surface area contributed by atoms with Gasteiger partial charge in [0.05, 0.1) is 26.7 Å². The predicted octanol–water partition coefficient (Wildman–Crippen LogP) is 4.65. The van der Waals surface area contributed by atoms with Crippen LogP contribution >= 0.6 is 11.3 Å². The Balaban J connectivity index is 1.88. The van der Waals surface area contributed by atoms with Gasteiger partial charge < -0.3 is 19.2 Å². The third-order valence-corrected chi connectivity index (χ3v) is 5.62. The number of ether oxygens (including phenoxy) is 3. The number of thiophene rings is 1. The third-order valence-electron chi connectivity index (χ3n) is 4.75. The van der Waals surface area contributed by atoms with E-state index in [0.29, 0.717) is 27.5 Å². The molecule has 2 aromatic heterocycles. The maximum atomic E-state index is 13.0. The molecule has 0 aliphatic carbocycles. The Bertz CT molecular complexity index is 1260. The Kier molecular flexibility index (Phi) is 4.98. The number of H-pyrrole nitrogens is 1. The minimum atomic E-state index is -0.195. The highest BCUT2D eigenvalue weighted by atomic mass is 32.1. The van der Waals surface area contributed by atoms with Crippen molar-refractivity contribution in [2.75, 3.05) is 21.3 Å². The van der Waals surface area contributed by atoms with E-state index in [2.05, 4.69) is 9.97 Å². The van der Waals surface area contributed by atoms with Gasteiger partial charge in [0.15, 0.2) is 11.5 Å². The number of rotatable bonds is 5. The van der Waals surface area contributed by atoms with E-state index in [1.807, 2.05) is 36.6 Å². The summed E-state index contributed by atoms with van der Waals surface area (Å²) in [6, 6.07) is 11.3. The molecule has 0 fully saturated rings. The van der Waals surface area contributed by atoms with E-state index in [1.165, 1.54) is 11.3 Å². The Morgan fingerprint density at radius 2 is 1.62 bits per heavy atom. The molecule has 0 aliphatic rings. The van der Waals surface area contributed by atoms with Crippen LogP contribution in [0.2, 0.25) is 0 Å². The van der Waals surface area contributed by atoms with Crippen molar-refractivity contribution >= 4 is 21.6 Å². The van der Waals surface area contributed by atoms with Gasteiger partial charge in [-0.3, -0.25) is 4.79 Å². The summed E-state index contributed by atoms with van der Waals surface area (Å²) < 4.78 is 16.1. The van der Waals surface area contributed by atoms with Crippen LogP contribution in [0.4, 0.5) is 0 Å². The first-order chi connectivity index (χ1) is 14.0. The molecule has 0 saturated heterocycles. The zero-order chi connectivity index (χ0) is 20.5. The average molecular weight is 408 g/mol. The summed E-state index contributed by atoms with van der Waals surface area (Å²) in [7, 11) is 4.78. The van der Waals surface area contributed by atoms with E-state index in [1.54, 1.807) is 33.5 Å². The highest BCUT2D eigenvalue weighted by Gasteiger charge is 2.17. The standard InChI is InChI=1S/C22H20N2O4S/c1-12-5-7-16(26-2)14(9-12)15-11-29-22-19(15)21(25)23-20(24-22)13-6-8-17(27-3)18(10-13)28-4/h5-11H,1-4H3,(H,23,24,25). The van der Waals surface area contributed by atoms with Crippen LogP contribution in [-0.2, 0) is 0 Å². The molecule has 1 N–H and O–H groups in total. The smallest absolute Gasteiger partial charge is 0.260 e. The number of nitrogens with zero attached hydrogens (tertiary/aromatic N) is 1. The van der Waals surface area contributed by atoms with Crippen LogP contribution in [0, 0.1) is 6.92 Å². The number of fused-ring (bicyclic) bond motifs is 1. The van der Waals surface area contributed by atoms with Crippen molar-refractivity contribution in [3.05, 3.63) is 57.7 Å². The summed E-state index contributed by atoms with van der Waals surface area (Å²) in [5.41, 5.74) is 3.33. The SMILES string of the molecule is COc1ccc(-c2nc3scc(-c4cc(C)ccc4OC)c3c(=O)[nH]2)cc1OC. The molecular weight excluding hydrogens is 388 g/mol. The molecule has 0 spiro atoms. The van der Waals surface area contributed by atoms with E-state index >= 15 is 0 Å². The fraction of sp³-hybridized carbons (Fsp3) is 0.182. The third kappa shape index (κ3) is 3.34. The Morgan fingerprint density at radius 1 is 0.897 bits per heavy atom. The molecule has 6 nitrogen and oxygen atoms in total. The van der Waals surface area contributed by atoms with Crippen molar-refractivity contribution in [2.24, 2.45) is 0 Å². The number of hydrogen-bond donors (Lipinski definition) is 1. The number of aromatic nitrogens is 2. The van der Waals surface area contributed by atoms with Crippen LogP contribution in [0.1, 0.15) is 5.56 Å². The summed E-state index contributed by atoms with van der Waals surface area (Å²) in [5.74, 6) is 2.39. The molecule has 2 aromatic carbocycles. The van der Waals surface area contributed by atoms with Gasteiger partial charge in [0.25, 0.3) is 5.56 Å². The summed E-state index contributed by atoms with van der Waals surface area (Å²) >= 11 is 1.43. The van der Waals surface area contributed by atoms with Crippen LogP contribution in [0.25, 0.3) is 32.7 Å². The fourth-order valence-electron chi connectivity index (χ4n) is 3.30. The molecule has 0 aliphatic heterocycles. The van der Waals surface area contributed by atoms with Gasteiger partial charge in [-0.15, -0.1) is 11.3 Å². The molecule has 0 bridgehead atoms. The van der Waals surface area contributed by atoms with E-state index < -0.39 is 0 Å². The summed E-state index contributed by atoms with van der Waals surface area (Å²) in [4.78, 5) is 21.3. The lowest BCUT2D eigenvalue weighted by molar-refractivity contribution is 0.355. The van der Waals surface area contributed by atoms with Gasteiger partial charge in [0, 0.05) is 22.1 Å². The number of aryl methyl sites for hydroxylation is 1. The number of hydrogen-bond acceptors (Lipinski definition) is 6. The Labute approximate surface area is 171 Å². The first kappa shape index (κ1) is 19.0. The monoisotopic (exact) mass is 408 g/mol. The molecule has 0 unspecified atom stereocenters. The van der Waals surface area contributed by atoms with Gasteiger partial charge >= 0.3 is 0 Å². The van der Waals surface area contributed by atoms with Crippen molar-refractivity contribution in [1.82, 2.24) is 9.97 Å². The number of benzene rings is 2. The predicted molar refractivity (Wildman–Crippen MR) is 116 cm³/mol. The van der Waals surface area contributed by atoms with Gasteiger partial charge in [-0.05, 0) is 37.3 Å². The molecule has 29 heavy (non-hydrogen) atoms. The molecule has 0 radical (unpaired) electrons. The quantitative estimate of drug-likeness (QED) is 0.520. The topological polar surface area (TPSA) is 73.4 Å². The lowest BCUT2D eigenvalue weighted by Crippen LogP contribution is -2.09. The Morgan fingerprint density at radius 3 is 2.34 bits per heavy atom. The molecule has 2 heterocycles. The van der Waals surface area contributed by atoms with Crippen molar-refractivity contribution in [3.63, 3.8) is 0 Å². The van der Waals surface area contributed by atoms with Gasteiger partial charge in [-0.2, -0.15) is 0 Å². The van der Waals surface area contributed by atoms with Gasteiger partial charge in [0.1, 0.15) is 16.4 Å². The molecule has 0 amide bonds. The van der Waals surface area contributed by atoms with Crippen molar-refractivity contribution in [3.8, 4) is 39.8 Å². The minimum Gasteiger partial charge on any atom is -0.496 e. The van der Waals surface area contributed by atoms with E-state index in [-0.39, 0.29) is 5.56 Å². The van der Waals surface area contributed by atoms with Crippen LogP contribution in [0.3, 0.4) is 0 Å². The summed E-state index contributed by atoms with van der Waals surface area (Å²) in [5, 5.41) is 2.51. The molecule has 4 aromatic rings. The van der Waals surface area contributed by atoms with Crippen molar-refractivity contribution in [2.45, 2.75) is 6.92 Å². The lowest BCUT2D eigenvalue weighted by atomic mass is 10.0. The zero-order valence-corrected chi connectivity index (χ0v) is 17.3. The largest absolute Gasteiger partial charge is 0.496 e. The van der Waals surface area contributed by atoms with Crippen LogP contribution in [-0.4, -0.2) is 31.3 Å². The number of nitrogens with one attached hydrogen (secondary N) is 1. The van der Waals surface area contributed by atoms with Gasteiger partial charge in [-0.1, -0.05) is 11.6 Å². The Hall–Kier alpha value is -3.32. The highest BCUT2D eigenvalue weighted by Crippen LogP contribution is 2.38. The first-order valence-electron chi connectivity index (χ1n) is 8.94. The molecule has 0 atom stereocenters.